The Hall–Kier alpha value is -2.16. The summed E-state index contributed by atoms with van der Waals surface area (Å²) in [6.07, 6.45) is 0.0364. The number of hydrogen-bond acceptors (Lipinski definition) is 2. The first-order chi connectivity index (χ1) is 9.54. The molecule has 2 nitrogen and oxygen atoms in total. The van der Waals surface area contributed by atoms with E-state index in [1.54, 1.807) is 18.2 Å². The van der Waals surface area contributed by atoms with Crippen LogP contribution in [0.4, 0.5) is 4.39 Å². The van der Waals surface area contributed by atoms with Crippen LogP contribution >= 0.6 is 0 Å². The third kappa shape index (κ3) is 2.72. The zero-order valence-electron chi connectivity index (χ0n) is 11.9. The van der Waals surface area contributed by atoms with Crippen molar-refractivity contribution >= 4 is 5.78 Å². The van der Waals surface area contributed by atoms with Gasteiger partial charge in [0.2, 0.25) is 0 Å². The molecule has 2 aromatic rings. The molecule has 0 amide bonds. The SMILES string of the molecule is COc1cccc(CC(=O)c2c(C)cccc2C)c1F. The van der Waals surface area contributed by atoms with Crippen LogP contribution < -0.4 is 4.74 Å². The summed E-state index contributed by atoms with van der Waals surface area (Å²) in [7, 11) is 1.41. The molecule has 0 spiro atoms. The molecule has 0 aliphatic rings. The minimum atomic E-state index is -0.463. The molecular formula is C17H17FO2. The van der Waals surface area contributed by atoms with Gasteiger partial charge in [-0.15, -0.1) is 0 Å². The molecular weight excluding hydrogens is 255 g/mol. The Morgan fingerprint density at radius 1 is 1.10 bits per heavy atom. The number of ether oxygens (including phenoxy) is 1. The molecule has 0 radical (unpaired) electrons. The lowest BCUT2D eigenvalue weighted by Crippen LogP contribution is -2.09. The smallest absolute Gasteiger partial charge is 0.168 e. The van der Waals surface area contributed by atoms with Crippen LogP contribution in [0.1, 0.15) is 27.0 Å². The zero-order chi connectivity index (χ0) is 14.7. The van der Waals surface area contributed by atoms with Gasteiger partial charge in [-0.1, -0.05) is 30.3 Å². The highest BCUT2D eigenvalue weighted by atomic mass is 19.1. The quantitative estimate of drug-likeness (QED) is 0.790. The number of carbonyl (C=O) groups is 1. The second-order valence-electron chi connectivity index (χ2n) is 4.80. The molecule has 0 fully saturated rings. The van der Waals surface area contributed by atoms with Gasteiger partial charge >= 0.3 is 0 Å². The fourth-order valence-corrected chi connectivity index (χ4v) is 2.37. The molecule has 0 unspecified atom stereocenters. The Kier molecular flexibility index (Phi) is 4.18. The van der Waals surface area contributed by atoms with Gasteiger partial charge < -0.3 is 4.74 Å². The molecule has 0 atom stereocenters. The molecule has 3 heteroatoms. The third-order valence-corrected chi connectivity index (χ3v) is 3.37. The molecule has 0 aromatic heterocycles. The largest absolute Gasteiger partial charge is 0.494 e. The van der Waals surface area contributed by atoms with Crippen LogP contribution in [0, 0.1) is 19.7 Å². The number of benzene rings is 2. The van der Waals surface area contributed by atoms with Crippen molar-refractivity contribution in [3.05, 3.63) is 64.5 Å². The van der Waals surface area contributed by atoms with E-state index >= 15 is 0 Å². The molecule has 20 heavy (non-hydrogen) atoms. The van der Waals surface area contributed by atoms with E-state index in [4.69, 9.17) is 4.74 Å². The Balaban J connectivity index is 2.33. The van der Waals surface area contributed by atoms with Crippen LogP contribution in [0.2, 0.25) is 0 Å². The van der Waals surface area contributed by atoms with Gasteiger partial charge in [-0.05, 0) is 36.6 Å². The second kappa shape index (κ2) is 5.87. The number of rotatable bonds is 4. The molecule has 0 N–H and O–H groups in total. The minimum absolute atomic E-state index is 0.0364. The highest BCUT2D eigenvalue weighted by molar-refractivity contribution is 6.00. The van der Waals surface area contributed by atoms with Crippen LogP contribution in [-0.4, -0.2) is 12.9 Å². The van der Waals surface area contributed by atoms with Gasteiger partial charge in [0.15, 0.2) is 17.3 Å². The average Bonchev–Trinajstić information content (AvgIpc) is 2.41. The van der Waals surface area contributed by atoms with E-state index in [0.717, 1.165) is 11.1 Å². The summed E-state index contributed by atoms with van der Waals surface area (Å²) in [6.45, 7) is 3.78. The van der Waals surface area contributed by atoms with Crippen molar-refractivity contribution < 1.29 is 13.9 Å². The first kappa shape index (κ1) is 14.3. The van der Waals surface area contributed by atoms with Crippen molar-refractivity contribution in [1.82, 2.24) is 0 Å². The number of ketones is 1. The number of carbonyl (C=O) groups excluding carboxylic acids is 1. The van der Waals surface area contributed by atoms with Gasteiger partial charge in [-0.2, -0.15) is 0 Å². The molecule has 104 valence electrons. The van der Waals surface area contributed by atoms with Crippen LogP contribution in [0.15, 0.2) is 36.4 Å². The van der Waals surface area contributed by atoms with E-state index in [1.165, 1.54) is 7.11 Å². The predicted molar refractivity (Wildman–Crippen MR) is 76.9 cm³/mol. The maximum absolute atomic E-state index is 14.1. The van der Waals surface area contributed by atoms with Crippen molar-refractivity contribution in [3.63, 3.8) is 0 Å². The maximum Gasteiger partial charge on any atom is 0.168 e. The lowest BCUT2D eigenvalue weighted by atomic mass is 9.95. The van der Waals surface area contributed by atoms with E-state index < -0.39 is 5.82 Å². The molecule has 0 saturated heterocycles. The monoisotopic (exact) mass is 272 g/mol. The van der Waals surface area contributed by atoms with Crippen LogP contribution in [0.25, 0.3) is 0 Å². The maximum atomic E-state index is 14.1. The highest BCUT2D eigenvalue weighted by Crippen LogP contribution is 2.22. The van der Waals surface area contributed by atoms with Gasteiger partial charge in [0.1, 0.15) is 0 Å². The molecule has 0 aliphatic heterocycles. The van der Waals surface area contributed by atoms with Crippen LogP contribution in [0.3, 0.4) is 0 Å². The summed E-state index contributed by atoms with van der Waals surface area (Å²) in [6, 6.07) is 10.5. The van der Waals surface area contributed by atoms with E-state index in [1.807, 2.05) is 32.0 Å². The summed E-state index contributed by atoms with van der Waals surface area (Å²) in [5, 5.41) is 0. The van der Waals surface area contributed by atoms with Gasteiger partial charge in [0, 0.05) is 12.0 Å². The fourth-order valence-electron chi connectivity index (χ4n) is 2.37. The molecule has 0 saturated carbocycles. The van der Waals surface area contributed by atoms with Crippen molar-refractivity contribution in [2.45, 2.75) is 20.3 Å². The van der Waals surface area contributed by atoms with Gasteiger partial charge in [-0.3, -0.25) is 4.79 Å². The summed E-state index contributed by atoms with van der Waals surface area (Å²) in [4.78, 5) is 12.4. The number of Topliss-reactive ketones (excluding diaryl/α,β-unsaturated/α-hetero) is 1. The van der Waals surface area contributed by atoms with Crippen molar-refractivity contribution in [3.8, 4) is 5.75 Å². The summed E-state index contributed by atoms with van der Waals surface area (Å²) >= 11 is 0. The molecule has 0 bridgehead atoms. The fraction of sp³-hybridized carbons (Fsp3) is 0.235. The van der Waals surface area contributed by atoms with E-state index in [0.29, 0.717) is 11.1 Å². The summed E-state index contributed by atoms with van der Waals surface area (Å²) < 4.78 is 19.0. The Morgan fingerprint density at radius 3 is 2.30 bits per heavy atom. The predicted octanol–water partition coefficient (Wildman–Crippen LogP) is 3.88. The Labute approximate surface area is 118 Å². The van der Waals surface area contributed by atoms with Gasteiger partial charge in [-0.25, -0.2) is 4.39 Å². The van der Waals surface area contributed by atoms with E-state index in [2.05, 4.69) is 0 Å². The third-order valence-electron chi connectivity index (χ3n) is 3.37. The zero-order valence-corrected chi connectivity index (χ0v) is 11.9. The number of aryl methyl sites for hydroxylation is 2. The first-order valence-electron chi connectivity index (χ1n) is 6.45. The standard InChI is InChI=1S/C17H17FO2/c1-11-6-4-7-12(2)16(11)14(19)10-13-8-5-9-15(20-3)17(13)18/h4-9H,10H2,1-3H3. The Bertz CT molecular complexity index is 627. The van der Waals surface area contributed by atoms with E-state index in [-0.39, 0.29) is 18.0 Å². The minimum Gasteiger partial charge on any atom is -0.494 e. The molecule has 2 aromatic carbocycles. The summed E-state index contributed by atoms with van der Waals surface area (Å²) in [5.41, 5.74) is 2.86. The molecule has 0 heterocycles. The highest BCUT2D eigenvalue weighted by Gasteiger charge is 2.16. The van der Waals surface area contributed by atoms with Crippen LogP contribution in [-0.2, 0) is 6.42 Å². The summed E-state index contributed by atoms with van der Waals surface area (Å²) in [5.74, 6) is -0.376. The molecule has 2 rings (SSSR count). The topological polar surface area (TPSA) is 26.3 Å². The lowest BCUT2D eigenvalue weighted by Gasteiger charge is -2.10. The van der Waals surface area contributed by atoms with E-state index in [9.17, 15) is 9.18 Å². The van der Waals surface area contributed by atoms with Crippen molar-refractivity contribution in [2.75, 3.05) is 7.11 Å². The second-order valence-corrected chi connectivity index (χ2v) is 4.80. The first-order valence-corrected chi connectivity index (χ1v) is 6.45. The lowest BCUT2D eigenvalue weighted by molar-refractivity contribution is 0.0990. The average molecular weight is 272 g/mol. The number of halogens is 1. The number of hydrogen-bond donors (Lipinski definition) is 0. The number of methoxy groups -OCH3 is 1. The normalized spacial score (nSPS) is 10.4. The molecule has 0 aliphatic carbocycles. The Morgan fingerprint density at radius 2 is 1.70 bits per heavy atom. The van der Waals surface area contributed by atoms with Crippen molar-refractivity contribution in [2.24, 2.45) is 0 Å². The van der Waals surface area contributed by atoms with Crippen molar-refractivity contribution in [1.29, 1.82) is 0 Å². The van der Waals surface area contributed by atoms with Gasteiger partial charge in [0.05, 0.1) is 7.11 Å². The van der Waals surface area contributed by atoms with Gasteiger partial charge in [0.25, 0.3) is 0 Å². The van der Waals surface area contributed by atoms with Crippen LogP contribution in [0.5, 0.6) is 5.75 Å².